The van der Waals surface area contributed by atoms with Gasteiger partial charge in [-0.05, 0) is 42.0 Å². The third-order valence-electron chi connectivity index (χ3n) is 4.83. The number of nitrogens with one attached hydrogen (secondary N) is 2. The molecule has 2 N–H and O–H groups in total. The normalized spacial score (nSPS) is 12.1. The van der Waals surface area contributed by atoms with E-state index in [0.717, 1.165) is 25.5 Å². The molecular weight excluding hydrogens is 388 g/mol. The first-order chi connectivity index (χ1) is 15.0. The molecule has 7 nitrogen and oxygen atoms in total. The summed E-state index contributed by atoms with van der Waals surface area (Å²) in [5, 5.41) is 10.7. The van der Waals surface area contributed by atoms with Crippen LogP contribution in [0.5, 0.6) is 0 Å². The summed E-state index contributed by atoms with van der Waals surface area (Å²) >= 11 is 0. The Labute approximate surface area is 184 Å². The smallest absolute Gasteiger partial charge is 0.276 e. The Morgan fingerprint density at radius 1 is 1.03 bits per heavy atom. The maximum Gasteiger partial charge on any atom is 0.276 e. The van der Waals surface area contributed by atoms with E-state index in [9.17, 15) is 0 Å². The van der Waals surface area contributed by atoms with Crippen molar-refractivity contribution in [2.24, 2.45) is 4.99 Å². The van der Waals surface area contributed by atoms with Crippen molar-refractivity contribution in [1.82, 2.24) is 25.8 Å². The van der Waals surface area contributed by atoms with E-state index in [1.165, 1.54) is 11.1 Å². The van der Waals surface area contributed by atoms with Gasteiger partial charge >= 0.3 is 0 Å². The fourth-order valence-electron chi connectivity index (χ4n) is 3.05. The van der Waals surface area contributed by atoms with Crippen LogP contribution in [0.2, 0.25) is 0 Å². The van der Waals surface area contributed by atoms with Crippen LogP contribution in [0.15, 0.2) is 58.2 Å². The van der Waals surface area contributed by atoms with Gasteiger partial charge in [-0.2, -0.15) is 4.98 Å². The van der Waals surface area contributed by atoms with Crippen molar-refractivity contribution in [1.29, 1.82) is 0 Å². The standard InChI is InChI=1S/C24H32N6O/c1-5-25-23(27-16-13-18-9-11-19(12-10-18)24(2,3)4)28-17-14-21-29-22(31-30-21)20-8-6-7-15-26-20/h6-12,15H,5,13-14,16-17H2,1-4H3,(H2,25,27,28). The van der Waals surface area contributed by atoms with Crippen molar-refractivity contribution < 1.29 is 4.52 Å². The largest absolute Gasteiger partial charge is 0.357 e. The maximum atomic E-state index is 5.30. The average molecular weight is 421 g/mol. The van der Waals surface area contributed by atoms with Gasteiger partial charge in [0.1, 0.15) is 5.69 Å². The molecule has 3 aromatic rings. The summed E-state index contributed by atoms with van der Waals surface area (Å²) in [5.41, 5.74) is 3.52. The van der Waals surface area contributed by atoms with E-state index in [2.05, 4.69) is 82.7 Å². The van der Waals surface area contributed by atoms with Crippen LogP contribution in [-0.2, 0) is 18.3 Å². The topological polar surface area (TPSA) is 88.2 Å². The second-order valence-corrected chi connectivity index (χ2v) is 8.37. The van der Waals surface area contributed by atoms with Crippen LogP contribution in [-0.4, -0.2) is 40.7 Å². The number of guanidine groups is 1. The van der Waals surface area contributed by atoms with Crippen LogP contribution in [0.1, 0.15) is 44.6 Å². The summed E-state index contributed by atoms with van der Waals surface area (Å²) in [6.45, 7) is 10.9. The predicted octanol–water partition coefficient (Wildman–Crippen LogP) is 3.77. The second kappa shape index (κ2) is 10.7. The SMILES string of the molecule is CCNC(=NCCc1noc(-c2ccccn2)n1)NCCc1ccc(C(C)(C)C)cc1. The molecule has 2 heterocycles. The van der Waals surface area contributed by atoms with Gasteiger partial charge in [0.15, 0.2) is 11.8 Å². The minimum absolute atomic E-state index is 0.179. The first-order valence-electron chi connectivity index (χ1n) is 10.8. The predicted molar refractivity (Wildman–Crippen MR) is 124 cm³/mol. The van der Waals surface area contributed by atoms with Gasteiger partial charge in [0.2, 0.25) is 0 Å². The van der Waals surface area contributed by atoms with Crippen molar-refractivity contribution in [3.8, 4) is 11.6 Å². The Morgan fingerprint density at radius 3 is 2.52 bits per heavy atom. The summed E-state index contributed by atoms with van der Waals surface area (Å²) < 4.78 is 5.30. The zero-order valence-corrected chi connectivity index (χ0v) is 18.9. The molecule has 0 saturated carbocycles. The van der Waals surface area contributed by atoms with Crippen LogP contribution >= 0.6 is 0 Å². The fourth-order valence-corrected chi connectivity index (χ4v) is 3.05. The lowest BCUT2D eigenvalue weighted by Gasteiger charge is -2.19. The summed E-state index contributed by atoms with van der Waals surface area (Å²) in [7, 11) is 0. The van der Waals surface area contributed by atoms with Gasteiger partial charge in [-0.25, -0.2) is 0 Å². The zero-order chi connectivity index (χ0) is 22.1. The van der Waals surface area contributed by atoms with Gasteiger partial charge in [0.25, 0.3) is 5.89 Å². The molecule has 0 radical (unpaired) electrons. The highest BCUT2D eigenvalue weighted by Gasteiger charge is 2.13. The molecule has 7 heteroatoms. The Morgan fingerprint density at radius 2 is 1.84 bits per heavy atom. The molecule has 31 heavy (non-hydrogen) atoms. The van der Waals surface area contributed by atoms with Gasteiger partial charge < -0.3 is 15.2 Å². The third-order valence-corrected chi connectivity index (χ3v) is 4.83. The van der Waals surface area contributed by atoms with E-state index >= 15 is 0 Å². The molecule has 0 unspecified atom stereocenters. The number of hydrogen-bond donors (Lipinski definition) is 2. The molecule has 0 fully saturated rings. The molecule has 1 aromatic carbocycles. The molecule has 0 spiro atoms. The minimum Gasteiger partial charge on any atom is -0.357 e. The highest BCUT2D eigenvalue weighted by molar-refractivity contribution is 5.79. The number of rotatable bonds is 8. The lowest BCUT2D eigenvalue weighted by molar-refractivity contribution is 0.421. The van der Waals surface area contributed by atoms with Gasteiger partial charge in [-0.1, -0.05) is 56.3 Å². The van der Waals surface area contributed by atoms with Crippen molar-refractivity contribution in [2.45, 2.75) is 46.0 Å². The molecular formula is C24H32N6O. The third kappa shape index (κ3) is 6.91. The zero-order valence-electron chi connectivity index (χ0n) is 18.9. The Balaban J connectivity index is 1.48. The molecule has 164 valence electrons. The summed E-state index contributed by atoms with van der Waals surface area (Å²) in [6.07, 6.45) is 3.24. The molecule has 0 aliphatic carbocycles. The van der Waals surface area contributed by atoms with E-state index in [4.69, 9.17) is 4.52 Å². The molecule has 0 aliphatic heterocycles. The number of aromatic nitrogens is 3. The van der Waals surface area contributed by atoms with Crippen LogP contribution in [0.3, 0.4) is 0 Å². The van der Waals surface area contributed by atoms with Crippen molar-refractivity contribution in [2.75, 3.05) is 19.6 Å². The molecule has 0 amide bonds. The maximum absolute atomic E-state index is 5.30. The van der Waals surface area contributed by atoms with Gasteiger partial charge in [0.05, 0.1) is 0 Å². The molecule has 0 aliphatic rings. The molecule has 0 saturated heterocycles. The number of nitrogens with zero attached hydrogens (tertiary/aromatic N) is 4. The number of hydrogen-bond acceptors (Lipinski definition) is 5. The highest BCUT2D eigenvalue weighted by Crippen LogP contribution is 2.22. The van der Waals surface area contributed by atoms with E-state index in [1.807, 2.05) is 18.2 Å². The van der Waals surface area contributed by atoms with Crippen LogP contribution in [0.25, 0.3) is 11.6 Å². The molecule has 2 aromatic heterocycles. The first-order valence-corrected chi connectivity index (χ1v) is 10.8. The minimum atomic E-state index is 0.179. The monoisotopic (exact) mass is 420 g/mol. The van der Waals surface area contributed by atoms with E-state index < -0.39 is 0 Å². The average Bonchev–Trinajstić information content (AvgIpc) is 3.23. The summed E-state index contributed by atoms with van der Waals surface area (Å²) in [6, 6.07) is 14.5. The Kier molecular flexibility index (Phi) is 7.76. The Hall–Kier alpha value is -3.22. The number of benzene rings is 1. The number of aliphatic imine (C=N–C) groups is 1. The first kappa shape index (κ1) is 22.5. The Bertz CT molecular complexity index is 958. The van der Waals surface area contributed by atoms with Crippen molar-refractivity contribution in [3.05, 3.63) is 65.6 Å². The van der Waals surface area contributed by atoms with Gasteiger partial charge in [-0.15, -0.1) is 0 Å². The fraction of sp³-hybridized carbons (Fsp3) is 0.417. The van der Waals surface area contributed by atoms with Crippen LogP contribution < -0.4 is 10.6 Å². The van der Waals surface area contributed by atoms with Crippen LogP contribution in [0, 0.1) is 0 Å². The van der Waals surface area contributed by atoms with E-state index in [-0.39, 0.29) is 5.41 Å². The van der Waals surface area contributed by atoms with Gasteiger partial charge in [-0.3, -0.25) is 9.98 Å². The van der Waals surface area contributed by atoms with Crippen molar-refractivity contribution >= 4 is 5.96 Å². The molecule has 0 atom stereocenters. The second-order valence-electron chi connectivity index (χ2n) is 8.37. The molecule has 0 bridgehead atoms. The summed E-state index contributed by atoms with van der Waals surface area (Å²) in [4.78, 5) is 13.3. The van der Waals surface area contributed by atoms with E-state index in [1.54, 1.807) is 6.20 Å². The summed E-state index contributed by atoms with van der Waals surface area (Å²) in [5.74, 6) is 1.85. The highest BCUT2D eigenvalue weighted by atomic mass is 16.5. The lowest BCUT2D eigenvalue weighted by Crippen LogP contribution is -2.38. The van der Waals surface area contributed by atoms with E-state index in [0.29, 0.717) is 30.4 Å². The van der Waals surface area contributed by atoms with Gasteiger partial charge in [0, 0.05) is 32.3 Å². The lowest BCUT2D eigenvalue weighted by atomic mass is 9.86. The quantitative estimate of drug-likeness (QED) is 0.426. The number of pyridine rings is 1. The van der Waals surface area contributed by atoms with Crippen LogP contribution in [0.4, 0.5) is 0 Å². The molecule has 3 rings (SSSR count). The van der Waals surface area contributed by atoms with Crippen molar-refractivity contribution in [3.63, 3.8) is 0 Å².